The van der Waals surface area contributed by atoms with Crippen LogP contribution in [0.5, 0.6) is 0 Å². The van der Waals surface area contributed by atoms with Crippen LogP contribution in [0.15, 0.2) is 30.3 Å². The molecular weight excluding hydrogens is 376 g/mol. The van der Waals surface area contributed by atoms with Crippen molar-refractivity contribution >= 4 is 23.6 Å². The number of nitrogens with one attached hydrogen (secondary N) is 1. The number of urea groups is 1. The first-order valence-corrected chi connectivity index (χ1v) is 9.92. The van der Waals surface area contributed by atoms with E-state index in [-0.39, 0.29) is 36.4 Å². The van der Waals surface area contributed by atoms with Gasteiger partial charge in [-0.1, -0.05) is 18.2 Å². The molecule has 1 unspecified atom stereocenters. The first-order chi connectivity index (χ1) is 14.0. The number of fused-ring (bicyclic) bond motifs is 2. The quantitative estimate of drug-likeness (QED) is 0.768. The number of morpholine rings is 1. The van der Waals surface area contributed by atoms with E-state index < -0.39 is 5.97 Å². The summed E-state index contributed by atoms with van der Waals surface area (Å²) in [5.41, 5.74) is 0.451. The molecule has 2 N–H and O–H groups in total. The minimum absolute atomic E-state index is 0.0101. The summed E-state index contributed by atoms with van der Waals surface area (Å²) < 4.78 is 5.64. The van der Waals surface area contributed by atoms with Crippen molar-refractivity contribution < 1.29 is 24.2 Å². The van der Waals surface area contributed by atoms with E-state index in [0.717, 1.165) is 12.2 Å². The number of hydrogen-bond donors (Lipinski definition) is 2. The van der Waals surface area contributed by atoms with Gasteiger partial charge in [-0.3, -0.25) is 14.5 Å². The molecule has 156 valence electrons. The molecule has 1 spiro atoms. The van der Waals surface area contributed by atoms with Crippen LogP contribution in [0.4, 0.5) is 10.5 Å². The van der Waals surface area contributed by atoms with E-state index >= 15 is 0 Å². The monoisotopic (exact) mass is 402 g/mol. The Kier molecular flexibility index (Phi) is 5.42. The second-order valence-corrected chi connectivity index (χ2v) is 7.97. The summed E-state index contributed by atoms with van der Waals surface area (Å²) >= 11 is 0. The molecule has 3 saturated heterocycles. The molecule has 29 heavy (non-hydrogen) atoms. The predicted octanol–water partition coefficient (Wildman–Crippen LogP) is 0.681. The third-order valence-corrected chi connectivity index (χ3v) is 5.94. The summed E-state index contributed by atoms with van der Waals surface area (Å²) in [6, 6.07) is 9.27. The molecule has 1 atom stereocenters. The first kappa shape index (κ1) is 19.7. The Balaban J connectivity index is 1.44. The largest absolute Gasteiger partial charge is 0.481 e. The van der Waals surface area contributed by atoms with Gasteiger partial charge in [-0.25, -0.2) is 4.79 Å². The highest BCUT2D eigenvalue weighted by Gasteiger charge is 2.56. The maximum atomic E-state index is 12.9. The third-order valence-electron chi connectivity index (χ3n) is 5.94. The van der Waals surface area contributed by atoms with Crippen molar-refractivity contribution in [3.8, 4) is 0 Å². The lowest BCUT2D eigenvalue weighted by Gasteiger charge is -2.63. The van der Waals surface area contributed by atoms with Crippen molar-refractivity contribution in [1.29, 1.82) is 0 Å². The number of piperazine rings is 1. The van der Waals surface area contributed by atoms with Gasteiger partial charge < -0.3 is 25.0 Å². The molecule has 4 rings (SSSR count). The Morgan fingerprint density at radius 1 is 1.10 bits per heavy atom. The van der Waals surface area contributed by atoms with Crippen molar-refractivity contribution in [2.24, 2.45) is 0 Å². The van der Waals surface area contributed by atoms with E-state index in [0.29, 0.717) is 39.4 Å². The van der Waals surface area contributed by atoms with Crippen molar-refractivity contribution in [3.63, 3.8) is 0 Å². The molecule has 3 amide bonds. The Bertz CT molecular complexity index is 780. The van der Waals surface area contributed by atoms with Crippen molar-refractivity contribution in [2.45, 2.75) is 24.4 Å². The van der Waals surface area contributed by atoms with Crippen LogP contribution in [-0.2, 0) is 14.3 Å². The van der Waals surface area contributed by atoms with Gasteiger partial charge in [0.15, 0.2) is 0 Å². The number of carbonyl (C=O) groups is 3. The highest BCUT2D eigenvalue weighted by Crippen LogP contribution is 2.36. The number of anilines is 1. The molecule has 9 heteroatoms. The van der Waals surface area contributed by atoms with Crippen LogP contribution in [0.25, 0.3) is 0 Å². The van der Waals surface area contributed by atoms with Gasteiger partial charge >= 0.3 is 12.0 Å². The standard InChI is InChI=1S/C20H26N4O5/c25-17(6-7-18(26)27)23-13-20(14-23)12-22(10-16-11-29-9-8-24(16)20)19(28)21-15-4-2-1-3-5-15/h1-5,16H,6-14H2,(H,21,28)(H,26,27). The van der Waals surface area contributed by atoms with Gasteiger partial charge in [-0.2, -0.15) is 0 Å². The Morgan fingerprint density at radius 2 is 1.83 bits per heavy atom. The number of benzene rings is 1. The van der Waals surface area contributed by atoms with Crippen LogP contribution < -0.4 is 5.32 Å². The highest BCUT2D eigenvalue weighted by atomic mass is 16.5. The minimum Gasteiger partial charge on any atom is -0.481 e. The van der Waals surface area contributed by atoms with Gasteiger partial charge in [-0.15, -0.1) is 0 Å². The summed E-state index contributed by atoms with van der Waals surface area (Å²) in [7, 11) is 0. The molecule has 3 aliphatic rings. The second-order valence-electron chi connectivity index (χ2n) is 7.97. The van der Waals surface area contributed by atoms with E-state index in [1.54, 1.807) is 4.90 Å². The molecule has 0 radical (unpaired) electrons. The molecule has 9 nitrogen and oxygen atoms in total. The van der Waals surface area contributed by atoms with E-state index in [2.05, 4.69) is 10.2 Å². The zero-order valence-corrected chi connectivity index (χ0v) is 16.2. The predicted molar refractivity (Wildman–Crippen MR) is 105 cm³/mol. The lowest BCUT2D eigenvalue weighted by atomic mass is 9.82. The first-order valence-electron chi connectivity index (χ1n) is 9.92. The van der Waals surface area contributed by atoms with Gasteiger partial charge in [-0.05, 0) is 12.1 Å². The van der Waals surface area contributed by atoms with E-state index in [1.807, 2.05) is 35.2 Å². The van der Waals surface area contributed by atoms with Gasteiger partial charge in [0.2, 0.25) is 5.91 Å². The van der Waals surface area contributed by atoms with Crippen molar-refractivity contribution in [2.75, 3.05) is 51.3 Å². The highest BCUT2D eigenvalue weighted by molar-refractivity contribution is 5.89. The molecule has 0 aromatic heterocycles. The number of carboxylic acid groups (broad SMARTS) is 1. The smallest absolute Gasteiger partial charge is 0.321 e. The Labute approximate surface area is 169 Å². The molecule has 3 heterocycles. The van der Waals surface area contributed by atoms with Crippen molar-refractivity contribution in [3.05, 3.63) is 30.3 Å². The second kappa shape index (κ2) is 8.00. The average molecular weight is 402 g/mol. The molecule has 0 bridgehead atoms. The topological polar surface area (TPSA) is 102 Å². The number of hydrogen-bond acceptors (Lipinski definition) is 5. The van der Waals surface area contributed by atoms with Crippen LogP contribution in [0.2, 0.25) is 0 Å². The summed E-state index contributed by atoms with van der Waals surface area (Å²) in [4.78, 5) is 41.8. The number of rotatable bonds is 4. The molecule has 3 fully saturated rings. The fourth-order valence-electron chi connectivity index (χ4n) is 4.57. The molecule has 1 aromatic carbocycles. The number of aliphatic carboxylic acids is 1. The lowest BCUT2D eigenvalue weighted by Crippen LogP contribution is -2.81. The maximum absolute atomic E-state index is 12.9. The number of nitrogens with zero attached hydrogens (tertiary/aromatic N) is 3. The molecule has 0 saturated carbocycles. The zero-order chi connectivity index (χ0) is 20.4. The number of amides is 3. The van der Waals surface area contributed by atoms with Crippen LogP contribution in [0, 0.1) is 0 Å². The maximum Gasteiger partial charge on any atom is 0.321 e. The van der Waals surface area contributed by atoms with E-state index in [1.165, 1.54) is 0 Å². The lowest BCUT2D eigenvalue weighted by molar-refractivity contribution is -0.172. The SMILES string of the molecule is O=C(O)CCC(=O)N1CC2(C1)CN(C(=O)Nc1ccccc1)CC1COCCN12. The molecular formula is C20H26N4O5. The fourth-order valence-corrected chi connectivity index (χ4v) is 4.57. The number of likely N-dealkylation sites (tertiary alicyclic amines) is 1. The van der Waals surface area contributed by atoms with Gasteiger partial charge in [0, 0.05) is 44.8 Å². The Hall–Kier alpha value is -2.65. The van der Waals surface area contributed by atoms with Crippen LogP contribution >= 0.6 is 0 Å². The zero-order valence-electron chi connectivity index (χ0n) is 16.2. The Morgan fingerprint density at radius 3 is 2.55 bits per heavy atom. The normalized spacial score (nSPS) is 23.2. The molecule has 3 aliphatic heterocycles. The summed E-state index contributed by atoms with van der Waals surface area (Å²) in [6.07, 6.45) is -0.149. The number of carboxylic acids is 1. The van der Waals surface area contributed by atoms with Gasteiger partial charge in [0.25, 0.3) is 0 Å². The summed E-state index contributed by atoms with van der Waals surface area (Å²) in [6.45, 7) is 4.10. The van der Waals surface area contributed by atoms with E-state index in [9.17, 15) is 14.4 Å². The van der Waals surface area contributed by atoms with Gasteiger partial charge in [0.1, 0.15) is 0 Å². The third kappa shape index (κ3) is 4.06. The minimum atomic E-state index is -0.969. The number of para-hydroxylation sites is 1. The van der Waals surface area contributed by atoms with E-state index in [4.69, 9.17) is 9.84 Å². The average Bonchev–Trinajstić information content (AvgIpc) is 2.70. The summed E-state index contributed by atoms with van der Waals surface area (Å²) in [5, 5.41) is 11.7. The van der Waals surface area contributed by atoms with Crippen LogP contribution in [-0.4, -0.2) is 95.2 Å². The number of carbonyl (C=O) groups excluding carboxylic acids is 2. The molecule has 1 aromatic rings. The van der Waals surface area contributed by atoms with Crippen LogP contribution in [0.3, 0.4) is 0 Å². The number of ether oxygens (including phenoxy) is 1. The van der Waals surface area contributed by atoms with Crippen LogP contribution in [0.1, 0.15) is 12.8 Å². The summed E-state index contributed by atoms with van der Waals surface area (Å²) in [5.74, 6) is -1.11. The van der Waals surface area contributed by atoms with Crippen molar-refractivity contribution in [1.82, 2.24) is 14.7 Å². The fraction of sp³-hybridized carbons (Fsp3) is 0.550. The molecule has 0 aliphatic carbocycles. The van der Waals surface area contributed by atoms with Gasteiger partial charge in [0.05, 0.1) is 31.2 Å².